The standard InChI is InChI=1S/C13H19N3O2S2/c1-3-10-5-4-9(2)16(10)20(17,18)11-6-7-12(13(14)19)15-8-11/h6-10H,3-5H2,1-2H3,(H2,14,19). The average molecular weight is 313 g/mol. The minimum atomic E-state index is -3.50. The third kappa shape index (κ3) is 2.70. The molecule has 2 rings (SSSR count). The summed E-state index contributed by atoms with van der Waals surface area (Å²) in [5.74, 6) is 0. The van der Waals surface area contributed by atoms with E-state index in [0.29, 0.717) is 5.69 Å². The van der Waals surface area contributed by atoms with E-state index in [9.17, 15) is 8.42 Å². The van der Waals surface area contributed by atoms with Gasteiger partial charge in [0.1, 0.15) is 9.88 Å². The Morgan fingerprint density at radius 3 is 2.70 bits per heavy atom. The van der Waals surface area contributed by atoms with Crippen molar-refractivity contribution in [2.24, 2.45) is 5.73 Å². The molecule has 2 heterocycles. The van der Waals surface area contributed by atoms with Crippen molar-refractivity contribution in [1.82, 2.24) is 9.29 Å². The molecule has 1 saturated heterocycles. The van der Waals surface area contributed by atoms with Crippen LogP contribution in [0.3, 0.4) is 0 Å². The van der Waals surface area contributed by atoms with Crippen molar-refractivity contribution >= 4 is 27.2 Å². The molecule has 20 heavy (non-hydrogen) atoms. The number of nitrogens with zero attached hydrogens (tertiary/aromatic N) is 2. The molecule has 0 aliphatic carbocycles. The van der Waals surface area contributed by atoms with Gasteiger partial charge in [0.15, 0.2) is 0 Å². The van der Waals surface area contributed by atoms with Gasteiger partial charge in [-0.25, -0.2) is 8.42 Å². The molecule has 1 aliphatic rings. The number of hydrogen-bond donors (Lipinski definition) is 1. The first-order valence-electron chi connectivity index (χ1n) is 6.67. The van der Waals surface area contributed by atoms with Crippen molar-refractivity contribution in [3.8, 4) is 0 Å². The first-order chi connectivity index (χ1) is 9.37. The van der Waals surface area contributed by atoms with Crippen LogP contribution < -0.4 is 5.73 Å². The molecule has 0 bridgehead atoms. The molecule has 2 atom stereocenters. The predicted octanol–water partition coefficient (Wildman–Crippen LogP) is 1.67. The Bertz CT molecular complexity index is 599. The molecule has 1 aliphatic heterocycles. The summed E-state index contributed by atoms with van der Waals surface area (Å²) in [5, 5.41) is 0. The van der Waals surface area contributed by atoms with Crippen LogP contribution in [-0.2, 0) is 10.0 Å². The number of pyridine rings is 1. The molecule has 1 fully saturated rings. The molecule has 7 heteroatoms. The van der Waals surface area contributed by atoms with Crippen LogP contribution in [0.2, 0.25) is 0 Å². The number of sulfonamides is 1. The Morgan fingerprint density at radius 1 is 1.50 bits per heavy atom. The molecule has 0 spiro atoms. The lowest BCUT2D eigenvalue weighted by atomic mass is 10.2. The van der Waals surface area contributed by atoms with E-state index < -0.39 is 10.0 Å². The molecule has 1 aromatic rings. The summed E-state index contributed by atoms with van der Waals surface area (Å²) in [6.07, 6.45) is 3.97. The second-order valence-electron chi connectivity index (χ2n) is 5.07. The van der Waals surface area contributed by atoms with Gasteiger partial charge >= 0.3 is 0 Å². The molecule has 0 aromatic carbocycles. The maximum atomic E-state index is 12.7. The number of thiocarbonyl (C=S) groups is 1. The fourth-order valence-corrected chi connectivity index (χ4v) is 4.68. The largest absolute Gasteiger partial charge is 0.388 e. The van der Waals surface area contributed by atoms with Gasteiger partial charge in [-0.05, 0) is 38.3 Å². The minimum Gasteiger partial charge on any atom is -0.388 e. The molecule has 0 radical (unpaired) electrons. The molecule has 2 N–H and O–H groups in total. The number of rotatable bonds is 4. The summed E-state index contributed by atoms with van der Waals surface area (Å²) in [6, 6.07) is 3.18. The van der Waals surface area contributed by atoms with E-state index >= 15 is 0 Å². The van der Waals surface area contributed by atoms with Crippen molar-refractivity contribution in [2.75, 3.05) is 0 Å². The zero-order valence-corrected chi connectivity index (χ0v) is 13.2. The lowest BCUT2D eigenvalue weighted by Gasteiger charge is -2.26. The Labute approximate surface area is 125 Å². The Hall–Kier alpha value is -1.05. The van der Waals surface area contributed by atoms with Crippen molar-refractivity contribution in [3.05, 3.63) is 24.0 Å². The lowest BCUT2D eigenvalue weighted by molar-refractivity contribution is 0.328. The normalized spacial score (nSPS) is 23.9. The maximum absolute atomic E-state index is 12.7. The van der Waals surface area contributed by atoms with Crippen molar-refractivity contribution in [2.45, 2.75) is 50.1 Å². The smallest absolute Gasteiger partial charge is 0.245 e. The highest BCUT2D eigenvalue weighted by Crippen LogP contribution is 2.32. The van der Waals surface area contributed by atoms with Crippen LogP contribution >= 0.6 is 12.2 Å². The number of nitrogens with two attached hydrogens (primary N) is 1. The number of aromatic nitrogens is 1. The molecule has 0 amide bonds. The zero-order chi connectivity index (χ0) is 14.9. The SMILES string of the molecule is CCC1CCC(C)N1S(=O)(=O)c1ccc(C(N)=S)nc1. The van der Waals surface area contributed by atoms with Crippen molar-refractivity contribution in [3.63, 3.8) is 0 Å². The van der Waals surface area contributed by atoms with Gasteiger partial charge in [0, 0.05) is 18.3 Å². The highest BCUT2D eigenvalue weighted by Gasteiger charge is 2.39. The second kappa shape index (κ2) is 5.75. The van der Waals surface area contributed by atoms with Crippen molar-refractivity contribution < 1.29 is 8.42 Å². The molecule has 1 aromatic heterocycles. The van der Waals surface area contributed by atoms with Gasteiger partial charge in [0.05, 0.1) is 5.69 Å². The second-order valence-corrected chi connectivity index (χ2v) is 7.35. The van der Waals surface area contributed by atoms with E-state index in [1.165, 1.54) is 12.3 Å². The van der Waals surface area contributed by atoms with Gasteiger partial charge in [-0.2, -0.15) is 4.31 Å². The van der Waals surface area contributed by atoms with Gasteiger partial charge in [-0.3, -0.25) is 4.98 Å². The monoisotopic (exact) mass is 313 g/mol. The molecular weight excluding hydrogens is 294 g/mol. The van der Waals surface area contributed by atoms with Gasteiger partial charge in [0.25, 0.3) is 0 Å². The lowest BCUT2D eigenvalue weighted by Crippen LogP contribution is -2.39. The first kappa shape index (κ1) is 15.3. The molecule has 2 unspecified atom stereocenters. The average Bonchev–Trinajstić information content (AvgIpc) is 2.80. The third-order valence-corrected chi connectivity index (χ3v) is 6.01. The molecule has 110 valence electrons. The summed E-state index contributed by atoms with van der Waals surface area (Å²) >= 11 is 4.82. The van der Waals surface area contributed by atoms with E-state index in [-0.39, 0.29) is 22.0 Å². The highest BCUT2D eigenvalue weighted by molar-refractivity contribution is 7.89. The zero-order valence-electron chi connectivity index (χ0n) is 11.6. The summed E-state index contributed by atoms with van der Waals surface area (Å²) < 4.78 is 27.0. The van der Waals surface area contributed by atoms with Gasteiger partial charge < -0.3 is 5.73 Å². The molecule has 5 nitrogen and oxygen atoms in total. The fraction of sp³-hybridized carbons (Fsp3) is 0.538. The summed E-state index contributed by atoms with van der Waals surface area (Å²) in [6.45, 7) is 3.96. The number of hydrogen-bond acceptors (Lipinski definition) is 4. The van der Waals surface area contributed by atoms with E-state index in [2.05, 4.69) is 4.98 Å². The Balaban J connectivity index is 2.36. The summed E-state index contributed by atoms with van der Waals surface area (Å²) in [7, 11) is -3.50. The van der Waals surface area contributed by atoms with E-state index in [0.717, 1.165) is 19.3 Å². The third-order valence-electron chi connectivity index (χ3n) is 3.75. The van der Waals surface area contributed by atoms with Crippen LogP contribution in [0.1, 0.15) is 38.8 Å². The van der Waals surface area contributed by atoms with E-state index in [1.807, 2.05) is 13.8 Å². The van der Waals surface area contributed by atoms with Gasteiger partial charge in [0.2, 0.25) is 10.0 Å². The van der Waals surface area contributed by atoms with Crippen LogP contribution in [0, 0.1) is 0 Å². The highest BCUT2D eigenvalue weighted by atomic mass is 32.2. The van der Waals surface area contributed by atoms with E-state index in [1.54, 1.807) is 10.4 Å². The van der Waals surface area contributed by atoms with Crippen LogP contribution in [0.25, 0.3) is 0 Å². The summed E-state index contributed by atoms with van der Waals surface area (Å²) in [4.78, 5) is 4.38. The Morgan fingerprint density at radius 2 is 2.20 bits per heavy atom. The minimum absolute atomic E-state index is 0.0280. The van der Waals surface area contributed by atoms with Crippen LogP contribution in [0.5, 0.6) is 0 Å². The van der Waals surface area contributed by atoms with Crippen LogP contribution in [0.15, 0.2) is 23.2 Å². The van der Waals surface area contributed by atoms with Gasteiger partial charge in [-0.15, -0.1) is 0 Å². The fourth-order valence-electron chi connectivity index (χ4n) is 2.67. The topological polar surface area (TPSA) is 76.3 Å². The first-order valence-corrected chi connectivity index (χ1v) is 8.52. The quantitative estimate of drug-likeness (QED) is 0.856. The van der Waals surface area contributed by atoms with E-state index in [4.69, 9.17) is 18.0 Å². The predicted molar refractivity (Wildman–Crippen MR) is 81.9 cm³/mol. The summed E-state index contributed by atoms with van der Waals surface area (Å²) in [5.41, 5.74) is 5.90. The molecular formula is C13H19N3O2S2. The maximum Gasteiger partial charge on any atom is 0.245 e. The Kier molecular flexibility index (Phi) is 4.41. The molecule has 0 saturated carbocycles. The van der Waals surface area contributed by atoms with Crippen LogP contribution in [0.4, 0.5) is 0 Å². The van der Waals surface area contributed by atoms with Gasteiger partial charge in [-0.1, -0.05) is 19.1 Å². The van der Waals surface area contributed by atoms with Crippen LogP contribution in [-0.4, -0.2) is 34.8 Å². The van der Waals surface area contributed by atoms with Crippen molar-refractivity contribution in [1.29, 1.82) is 0 Å².